The first-order valence-corrected chi connectivity index (χ1v) is 6.68. The number of hydrogen-bond acceptors (Lipinski definition) is 3. The van der Waals surface area contributed by atoms with E-state index in [0.717, 1.165) is 42.3 Å². The molecule has 0 saturated carbocycles. The molecule has 2 rings (SSSR count). The average Bonchev–Trinajstić information content (AvgIpc) is 2.40. The first kappa shape index (κ1) is 13.4. The quantitative estimate of drug-likeness (QED) is 0.911. The Labute approximate surface area is 113 Å². The second-order valence-electron chi connectivity index (χ2n) is 4.67. The highest BCUT2D eigenvalue weighted by Crippen LogP contribution is 2.28. The van der Waals surface area contributed by atoms with E-state index >= 15 is 0 Å². The lowest BCUT2D eigenvalue weighted by Crippen LogP contribution is -2.45. The van der Waals surface area contributed by atoms with Crippen molar-refractivity contribution in [3.8, 4) is 6.07 Å². The zero-order chi connectivity index (χ0) is 13.0. The summed E-state index contributed by atoms with van der Waals surface area (Å²) in [6.07, 6.45) is 0.513. The van der Waals surface area contributed by atoms with Crippen molar-refractivity contribution in [2.45, 2.75) is 19.4 Å². The van der Waals surface area contributed by atoms with E-state index in [0.29, 0.717) is 6.42 Å². The molecule has 18 heavy (non-hydrogen) atoms. The molecule has 0 aromatic heterocycles. The second kappa shape index (κ2) is 6.19. The zero-order valence-electron chi connectivity index (χ0n) is 10.6. The Bertz CT molecular complexity index is 447. The molecule has 96 valence electrons. The Morgan fingerprint density at radius 2 is 2.17 bits per heavy atom. The molecule has 4 heteroatoms. The van der Waals surface area contributed by atoms with Crippen LogP contribution in [-0.4, -0.2) is 31.1 Å². The van der Waals surface area contributed by atoms with Crippen molar-refractivity contribution in [2.75, 3.05) is 26.2 Å². The van der Waals surface area contributed by atoms with E-state index in [1.54, 1.807) is 0 Å². The number of nitrogens with one attached hydrogen (secondary N) is 1. The Kier molecular flexibility index (Phi) is 4.60. The molecule has 0 spiro atoms. The van der Waals surface area contributed by atoms with Gasteiger partial charge in [-0.15, -0.1) is 0 Å². The molecule has 0 amide bonds. The molecule has 1 N–H and O–H groups in total. The van der Waals surface area contributed by atoms with Crippen LogP contribution in [0.5, 0.6) is 0 Å². The summed E-state index contributed by atoms with van der Waals surface area (Å²) in [7, 11) is 0. The van der Waals surface area contributed by atoms with Crippen LogP contribution in [0.15, 0.2) is 18.2 Å². The summed E-state index contributed by atoms with van der Waals surface area (Å²) in [4.78, 5) is 2.36. The van der Waals surface area contributed by atoms with Crippen LogP contribution in [0.1, 0.15) is 23.6 Å². The molecular weight excluding hydrogens is 246 g/mol. The van der Waals surface area contributed by atoms with Crippen molar-refractivity contribution >= 4 is 11.6 Å². The predicted octanol–water partition coefficient (Wildman–Crippen LogP) is 2.51. The van der Waals surface area contributed by atoms with Crippen LogP contribution in [0.3, 0.4) is 0 Å². The van der Waals surface area contributed by atoms with Gasteiger partial charge in [-0.1, -0.05) is 23.7 Å². The van der Waals surface area contributed by atoms with E-state index in [1.807, 2.05) is 19.1 Å². The molecule has 3 nitrogen and oxygen atoms in total. The molecule has 1 heterocycles. The van der Waals surface area contributed by atoms with Crippen molar-refractivity contribution in [2.24, 2.45) is 0 Å². The molecule has 1 fully saturated rings. The minimum Gasteiger partial charge on any atom is -0.314 e. The SMILES string of the molecule is Cc1ccc([C@H](CC#N)N2CCNCC2)cc1Cl. The fourth-order valence-corrected chi connectivity index (χ4v) is 2.54. The topological polar surface area (TPSA) is 39.1 Å². The number of rotatable bonds is 3. The summed E-state index contributed by atoms with van der Waals surface area (Å²) < 4.78 is 0. The van der Waals surface area contributed by atoms with Crippen molar-refractivity contribution in [3.63, 3.8) is 0 Å². The van der Waals surface area contributed by atoms with Gasteiger partial charge in [0, 0.05) is 37.2 Å². The van der Waals surface area contributed by atoms with Crippen LogP contribution in [0.4, 0.5) is 0 Å². The van der Waals surface area contributed by atoms with Crippen molar-refractivity contribution in [1.29, 1.82) is 5.26 Å². The van der Waals surface area contributed by atoms with Crippen LogP contribution in [0, 0.1) is 18.3 Å². The van der Waals surface area contributed by atoms with E-state index in [4.69, 9.17) is 16.9 Å². The minimum atomic E-state index is 0.162. The summed E-state index contributed by atoms with van der Waals surface area (Å²) in [6, 6.07) is 8.58. The van der Waals surface area contributed by atoms with Gasteiger partial charge in [-0.05, 0) is 24.1 Å². The first-order chi connectivity index (χ1) is 8.72. The molecule has 1 aromatic rings. The number of aryl methyl sites for hydroxylation is 1. The molecule has 0 unspecified atom stereocenters. The Hall–Kier alpha value is -1.08. The maximum atomic E-state index is 9.03. The lowest BCUT2D eigenvalue weighted by molar-refractivity contribution is 0.175. The molecule has 1 aromatic carbocycles. The minimum absolute atomic E-state index is 0.162. The van der Waals surface area contributed by atoms with Crippen LogP contribution < -0.4 is 5.32 Å². The molecule has 0 bridgehead atoms. The molecule has 0 radical (unpaired) electrons. The predicted molar refractivity (Wildman–Crippen MR) is 73.6 cm³/mol. The van der Waals surface area contributed by atoms with Gasteiger partial charge < -0.3 is 5.32 Å². The van der Waals surface area contributed by atoms with Gasteiger partial charge >= 0.3 is 0 Å². The highest BCUT2D eigenvalue weighted by molar-refractivity contribution is 6.31. The normalized spacial score (nSPS) is 18.3. The highest BCUT2D eigenvalue weighted by atomic mass is 35.5. The van der Waals surface area contributed by atoms with Gasteiger partial charge in [-0.25, -0.2) is 0 Å². The zero-order valence-corrected chi connectivity index (χ0v) is 11.4. The summed E-state index contributed by atoms with van der Waals surface area (Å²) >= 11 is 6.18. The third kappa shape index (κ3) is 3.02. The smallest absolute Gasteiger partial charge is 0.0641 e. The standard InChI is InChI=1S/C14H18ClN3/c1-11-2-3-12(10-13(11)15)14(4-5-16)18-8-6-17-7-9-18/h2-3,10,14,17H,4,6-9H2,1H3/t14-/m0/s1. The Morgan fingerprint density at radius 3 is 2.78 bits per heavy atom. The average molecular weight is 264 g/mol. The van der Waals surface area contributed by atoms with Gasteiger partial charge in [0.15, 0.2) is 0 Å². The lowest BCUT2D eigenvalue weighted by atomic mass is 10.0. The van der Waals surface area contributed by atoms with Crippen molar-refractivity contribution in [1.82, 2.24) is 10.2 Å². The molecule has 1 saturated heterocycles. The number of hydrogen-bond donors (Lipinski definition) is 1. The van der Waals surface area contributed by atoms with Gasteiger partial charge in [0.1, 0.15) is 0 Å². The summed E-state index contributed by atoms with van der Waals surface area (Å²) in [5, 5.41) is 13.1. The van der Waals surface area contributed by atoms with Gasteiger partial charge in [0.2, 0.25) is 0 Å². The van der Waals surface area contributed by atoms with E-state index in [-0.39, 0.29) is 6.04 Å². The largest absolute Gasteiger partial charge is 0.314 e. The molecule has 0 aliphatic carbocycles. The molecule has 1 atom stereocenters. The van der Waals surface area contributed by atoms with Crippen molar-refractivity contribution in [3.05, 3.63) is 34.3 Å². The maximum absolute atomic E-state index is 9.03. The Balaban J connectivity index is 2.22. The van der Waals surface area contributed by atoms with E-state index in [1.165, 1.54) is 0 Å². The molecular formula is C14H18ClN3. The lowest BCUT2D eigenvalue weighted by Gasteiger charge is -2.34. The fraction of sp³-hybridized carbons (Fsp3) is 0.500. The summed E-state index contributed by atoms with van der Waals surface area (Å²) in [5.74, 6) is 0. The van der Waals surface area contributed by atoms with Gasteiger partial charge in [0.05, 0.1) is 12.5 Å². The Morgan fingerprint density at radius 1 is 1.44 bits per heavy atom. The number of piperazine rings is 1. The van der Waals surface area contributed by atoms with Crippen LogP contribution in [0.25, 0.3) is 0 Å². The second-order valence-corrected chi connectivity index (χ2v) is 5.08. The van der Waals surface area contributed by atoms with Crippen LogP contribution in [0.2, 0.25) is 5.02 Å². The van der Waals surface area contributed by atoms with Crippen LogP contribution in [-0.2, 0) is 0 Å². The highest BCUT2D eigenvalue weighted by Gasteiger charge is 2.22. The van der Waals surface area contributed by atoms with Gasteiger partial charge in [0.25, 0.3) is 0 Å². The third-order valence-electron chi connectivity index (χ3n) is 3.46. The molecule has 1 aliphatic heterocycles. The van der Waals surface area contributed by atoms with E-state index < -0.39 is 0 Å². The first-order valence-electron chi connectivity index (χ1n) is 6.30. The van der Waals surface area contributed by atoms with Gasteiger partial charge in [-0.3, -0.25) is 4.90 Å². The van der Waals surface area contributed by atoms with E-state index in [2.05, 4.69) is 22.4 Å². The maximum Gasteiger partial charge on any atom is 0.0641 e. The van der Waals surface area contributed by atoms with Crippen LogP contribution >= 0.6 is 11.6 Å². The van der Waals surface area contributed by atoms with Gasteiger partial charge in [-0.2, -0.15) is 5.26 Å². The number of halogens is 1. The van der Waals surface area contributed by atoms with E-state index in [9.17, 15) is 0 Å². The van der Waals surface area contributed by atoms with Crippen molar-refractivity contribution < 1.29 is 0 Å². The molecule has 1 aliphatic rings. The third-order valence-corrected chi connectivity index (χ3v) is 3.86. The number of nitrogens with zero attached hydrogens (tertiary/aromatic N) is 2. The number of benzene rings is 1. The monoisotopic (exact) mass is 263 g/mol. The number of nitriles is 1. The summed E-state index contributed by atoms with van der Waals surface area (Å²) in [5.41, 5.74) is 2.23. The summed E-state index contributed by atoms with van der Waals surface area (Å²) in [6.45, 7) is 5.94. The fourth-order valence-electron chi connectivity index (χ4n) is 2.35.